The van der Waals surface area contributed by atoms with Crippen LogP contribution in [0.25, 0.3) is 0 Å². The molecule has 1 N–H and O–H groups in total. The van der Waals surface area contributed by atoms with Gasteiger partial charge in [0.05, 0.1) is 17.1 Å². The summed E-state index contributed by atoms with van der Waals surface area (Å²) in [7, 11) is 1.84. The Morgan fingerprint density at radius 3 is 2.96 bits per heavy atom. The highest BCUT2D eigenvalue weighted by molar-refractivity contribution is 7.12. The van der Waals surface area contributed by atoms with Crippen LogP contribution in [0.1, 0.15) is 34.6 Å². The topological polar surface area (TPSA) is 67.2 Å². The fourth-order valence-corrected chi connectivity index (χ4v) is 3.54. The molecule has 7 heteroatoms. The minimum atomic E-state index is -0.383. The zero-order chi connectivity index (χ0) is 16.2. The maximum atomic E-state index is 12.6. The molecule has 0 saturated carbocycles. The fourth-order valence-electron chi connectivity index (χ4n) is 2.86. The molecule has 6 nitrogen and oxygen atoms in total. The van der Waals surface area contributed by atoms with E-state index in [-0.39, 0.29) is 17.9 Å². The van der Waals surface area contributed by atoms with Crippen LogP contribution in [0.4, 0.5) is 0 Å². The predicted octanol–water partition coefficient (Wildman–Crippen LogP) is 1.79. The van der Waals surface area contributed by atoms with Gasteiger partial charge >= 0.3 is 0 Å². The summed E-state index contributed by atoms with van der Waals surface area (Å²) in [6, 6.07) is 5.16. The number of amides is 2. The predicted molar refractivity (Wildman–Crippen MR) is 88.0 cm³/mol. The van der Waals surface area contributed by atoms with Crippen LogP contribution in [-0.2, 0) is 18.4 Å². The first-order chi connectivity index (χ1) is 11.2. The Hall–Kier alpha value is -2.15. The van der Waals surface area contributed by atoms with E-state index in [0.29, 0.717) is 24.4 Å². The molecule has 2 aromatic rings. The Bertz CT molecular complexity index is 680. The third kappa shape index (κ3) is 3.44. The van der Waals surface area contributed by atoms with Gasteiger partial charge in [-0.15, -0.1) is 11.3 Å². The van der Waals surface area contributed by atoms with Crippen molar-refractivity contribution in [2.75, 3.05) is 6.54 Å². The van der Waals surface area contributed by atoms with Crippen LogP contribution in [0.2, 0.25) is 0 Å². The Kier molecular flexibility index (Phi) is 4.76. The second kappa shape index (κ2) is 6.95. The number of nitrogens with zero attached hydrogens (tertiary/aromatic N) is 3. The molecular formula is C16H20N4O2S. The SMILES string of the molecule is Cn1nccc1CNC(=O)C1CCCCN1C(=O)c1cccs1. The van der Waals surface area contributed by atoms with Crippen LogP contribution in [0, 0.1) is 0 Å². The Labute approximate surface area is 139 Å². The second-order valence-electron chi connectivity index (χ2n) is 5.65. The molecule has 1 fully saturated rings. The molecule has 2 amide bonds. The number of hydrogen-bond acceptors (Lipinski definition) is 4. The molecule has 1 aliphatic rings. The van der Waals surface area contributed by atoms with Crippen LogP contribution >= 0.6 is 11.3 Å². The van der Waals surface area contributed by atoms with Gasteiger partial charge < -0.3 is 10.2 Å². The molecule has 1 aliphatic heterocycles. The third-order valence-electron chi connectivity index (χ3n) is 4.16. The molecule has 23 heavy (non-hydrogen) atoms. The number of piperidine rings is 1. The molecule has 0 aromatic carbocycles. The molecule has 1 unspecified atom stereocenters. The lowest BCUT2D eigenvalue weighted by atomic mass is 10.0. The van der Waals surface area contributed by atoms with Gasteiger partial charge in [-0.2, -0.15) is 5.10 Å². The number of carbonyl (C=O) groups is 2. The Morgan fingerprint density at radius 1 is 1.39 bits per heavy atom. The van der Waals surface area contributed by atoms with Gasteiger partial charge in [0.1, 0.15) is 6.04 Å². The summed E-state index contributed by atoms with van der Waals surface area (Å²) in [5.41, 5.74) is 0.935. The maximum Gasteiger partial charge on any atom is 0.264 e. The smallest absolute Gasteiger partial charge is 0.264 e. The van der Waals surface area contributed by atoms with Crippen molar-refractivity contribution in [3.63, 3.8) is 0 Å². The molecule has 0 spiro atoms. The first-order valence-corrected chi connectivity index (χ1v) is 8.64. The van der Waals surface area contributed by atoms with E-state index in [2.05, 4.69) is 10.4 Å². The van der Waals surface area contributed by atoms with Crippen LogP contribution in [0.15, 0.2) is 29.8 Å². The minimum absolute atomic E-state index is 0.0413. The lowest BCUT2D eigenvalue weighted by molar-refractivity contribution is -0.126. The lowest BCUT2D eigenvalue weighted by Gasteiger charge is -2.34. The van der Waals surface area contributed by atoms with E-state index in [0.717, 1.165) is 18.5 Å². The van der Waals surface area contributed by atoms with E-state index in [1.807, 2.05) is 30.6 Å². The molecule has 122 valence electrons. The summed E-state index contributed by atoms with van der Waals surface area (Å²) >= 11 is 1.42. The minimum Gasteiger partial charge on any atom is -0.349 e. The van der Waals surface area contributed by atoms with Gasteiger partial charge in [-0.3, -0.25) is 14.3 Å². The molecule has 0 radical (unpaired) electrons. The normalized spacial score (nSPS) is 18.0. The largest absolute Gasteiger partial charge is 0.349 e. The van der Waals surface area contributed by atoms with E-state index in [1.54, 1.807) is 15.8 Å². The van der Waals surface area contributed by atoms with Crippen molar-refractivity contribution in [2.45, 2.75) is 31.8 Å². The van der Waals surface area contributed by atoms with E-state index < -0.39 is 0 Å². The van der Waals surface area contributed by atoms with Crippen LogP contribution < -0.4 is 5.32 Å². The van der Waals surface area contributed by atoms with Crippen molar-refractivity contribution >= 4 is 23.2 Å². The summed E-state index contributed by atoms with van der Waals surface area (Å²) in [5.74, 6) is -0.129. The van der Waals surface area contributed by atoms with Gasteiger partial charge in [0, 0.05) is 19.8 Å². The van der Waals surface area contributed by atoms with Gasteiger partial charge in [0.25, 0.3) is 5.91 Å². The zero-order valence-electron chi connectivity index (χ0n) is 13.1. The second-order valence-corrected chi connectivity index (χ2v) is 6.60. The van der Waals surface area contributed by atoms with Crippen molar-refractivity contribution in [1.82, 2.24) is 20.0 Å². The highest BCUT2D eigenvalue weighted by Gasteiger charge is 2.32. The zero-order valence-corrected chi connectivity index (χ0v) is 13.9. The monoisotopic (exact) mass is 332 g/mol. The average molecular weight is 332 g/mol. The van der Waals surface area contributed by atoms with Crippen molar-refractivity contribution in [3.8, 4) is 0 Å². The van der Waals surface area contributed by atoms with Gasteiger partial charge in [0.15, 0.2) is 0 Å². The number of aryl methyl sites for hydroxylation is 1. The summed E-state index contributed by atoms with van der Waals surface area (Å²) in [4.78, 5) is 27.6. The fraction of sp³-hybridized carbons (Fsp3) is 0.438. The van der Waals surface area contributed by atoms with E-state index in [1.165, 1.54) is 11.3 Å². The molecule has 1 saturated heterocycles. The summed E-state index contributed by atoms with van der Waals surface area (Å²) in [6.07, 6.45) is 4.34. The summed E-state index contributed by atoms with van der Waals surface area (Å²) in [5, 5.41) is 8.91. The van der Waals surface area contributed by atoms with Gasteiger partial charge in [-0.05, 0) is 36.8 Å². The van der Waals surface area contributed by atoms with E-state index in [9.17, 15) is 9.59 Å². The first kappa shape index (κ1) is 15.7. The van der Waals surface area contributed by atoms with Crippen molar-refractivity contribution < 1.29 is 9.59 Å². The average Bonchev–Trinajstić information content (AvgIpc) is 3.24. The first-order valence-electron chi connectivity index (χ1n) is 7.76. The number of thiophene rings is 1. The molecule has 2 aromatic heterocycles. The van der Waals surface area contributed by atoms with Crippen LogP contribution in [0.3, 0.4) is 0 Å². The number of rotatable bonds is 4. The number of aromatic nitrogens is 2. The molecular weight excluding hydrogens is 312 g/mol. The molecule has 0 aliphatic carbocycles. The van der Waals surface area contributed by atoms with Gasteiger partial charge in [-0.1, -0.05) is 6.07 Å². The lowest BCUT2D eigenvalue weighted by Crippen LogP contribution is -2.51. The number of nitrogens with one attached hydrogen (secondary N) is 1. The van der Waals surface area contributed by atoms with E-state index in [4.69, 9.17) is 0 Å². The Morgan fingerprint density at radius 2 is 2.26 bits per heavy atom. The molecule has 3 rings (SSSR count). The number of carbonyl (C=O) groups excluding carboxylic acids is 2. The van der Waals surface area contributed by atoms with Crippen molar-refractivity contribution in [1.29, 1.82) is 0 Å². The van der Waals surface area contributed by atoms with Gasteiger partial charge in [0.2, 0.25) is 5.91 Å². The Balaban J connectivity index is 1.67. The van der Waals surface area contributed by atoms with Crippen LogP contribution in [-0.4, -0.2) is 39.1 Å². The number of likely N-dealkylation sites (tertiary alicyclic amines) is 1. The molecule has 1 atom stereocenters. The highest BCUT2D eigenvalue weighted by atomic mass is 32.1. The van der Waals surface area contributed by atoms with E-state index >= 15 is 0 Å². The highest BCUT2D eigenvalue weighted by Crippen LogP contribution is 2.22. The summed E-state index contributed by atoms with van der Waals surface area (Å²) < 4.78 is 1.73. The molecule has 3 heterocycles. The quantitative estimate of drug-likeness (QED) is 0.928. The number of hydrogen-bond donors (Lipinski definition) is 1. The van der Waals surface area contributed by atoms with Crippen LogP contribution in [0.5, 0.6) is 0 Å². The summed E-state index contributed by atoms with van der Waals surface area (Å²) in [6.45, 7) is 1.06. The molecule has 0 bridgehead atoms. The standard InChI is InChI=1S/C16H20N4O2S/c1-19-12(7-8-18-19)11-17-15(21)13-5-2-3-9-20(13)16(22)14-6-4-10-23-14/h4,6-8,10,13H,2-3,5,9,11H2,1H3,(H,17,21). The van der Waals surface area contributed by atoms with Crippen molar-refractivity contribution in [2.24, 2.45) is 7.05 Å². The van der Waals surface area contributed by atoms with Crippen molar-refractivity contribution in [3.05, 3.63) is 40.3 Å². The van der Waals surface area contributed by atoms with Gasteiger partial charge in [-0.25, -0.2) is 0 Å². The third-order valence-corrected chi connectivity index (χ3v) is 5.02. The maximum absolute atomic E-state index is 12.6.